The molecule has 1 heterocycles. The van der Waals surface area contributed by atoms with E-state index in [0.29, 0.717) is 23.2 Å². The minimum absolute atomic E-state index is 0.0868. The van der Waals surface area contributed by atoms with Gasteiger partial charge in [0.15, 0.2) is 0 Å². The van der Waals surface area contributed by atoms with Crippen molar-refractivity contribution in [3.63, 3.8) is 0 Å². The summed E-state index contributed by atoms with van der Waals surface area (Å²) in [4.78, 5) is 49.1. The third-order valence-electron chi connectivity index (χ3n) is 6.12. The third-order valence-corrected chi connectivity index (χ3v) is 6.12. The summed E-state index contributed by atoms with van der Waals surface area (Å²) in [5, 5.41) is 13.0. The largest absolute Gasteiger partial charge is 0.550 e. The molecule has 142 valence electrons. The maximum Gasteiger partial charge on any atom is 0.237 e. The smallest absolute Gasteiger partial charge is 0.237 e. The topological polar surface area (TPSA) is 107 Å². The van der Waals surface area contributed by atoms with Crippen LogP contribution in [-0.2, 0) is 19.2 Å². The van der Waals surface area contributed by atoms with Gasteiger partial charge in [0.1, 0.15) is 0 Å². The molecule has 4 atom stereocenters. The van der Waals surface area contributed by atoms with Gasteiger partial charge >= 0.3 is 0 Å². The number of nitrogens with zero attached hydrogens (tertiary/aromatic N) is 1. The van der Waals surface area contributed by atoms with Crippen molar-refractivity contribution in [2.45, 2.75) is 38.5 Å². The molecule has 1 N–H and O–H groups in total. The maximum absolute atomic E-state index is 12.8. The number of imide groups is 1. The third kappa shape index (κ3) is 3.11. The average molecular weight is 369 g/mol. The standard InChI is InChI=1S/C20H22N2O5/c23-15(2-1-3-16(24)25)21-13-6-8-14(9-7-13)22-19(26)17-11-4-5-12(10-11)18(17)20(22)27/h6-9,11-12,17-18H,1-5,10H2,(H,21,23)(H,24,25)/p-1/t11-,12+,17-,18+. The highest BCUT2D eigenvalue weighted by atomic mass is 16.4. The Morgan fingerprint density at radius 1 is 1.00 bits per heavy atom. The number of benzene rings is 1. The fraction of sp³-hybridized carbons (Fsp3) is 0.500. The molecule has 0 spiro atoms. The number of carboxylic acid groups (broad SMARTS) is 1. The Kier molecular flexibility index (Phi) is 4.45. The molecule has 7 heteroatoms. The monoisotopic (exact) mass is 369 g/mol. The molecule has 3 aliphatic rings. The number of carboxylic acids is 1. The lowest BCUT2D eigenvalue weighted by atomic mass is 9.81. The van der Waals surface area contributed by atoms with Crippen LogP contribution in [0.25, 0.3) is 0 Å². The van der Waals surface area contributed by atoms with Crippen LogP contribution in [0, 0.1) is 23.7 Å². The molecule has 0 aromatic heterocycles. The second-order valence-electron chi connectivity index (χ2n) is 7.72. The van der Waals surface area contributed by atoms with Crippen LogP contribution in [0.4, 0.5) is 11.4 Å². The predicted molar refractivity (Wildman–Crippen MR) is 94.2 cm³/mol. The zero-order valence-corrected chi connectivity index (χ0v) is 14.8. The minimum atomic E-state index is -1.18. The van der Waals surface area contributed by atoms with Crippen LogP contribution in [0.5, 0.6) is 0 Å². The summed E-state index contributed by atoms with van der Waals surface area (Å²) in [6.07, 6.45) is 3.24. The molecule has 1 saturated heterocycles. The van der Waals surface area contributed by atoms with Crippen LogP contribution >= 0.6 is 0 Å². The van der Waals surface area contributed by atoms with Gasteiger partial charge in [-0.1, -0.05) is 0 Å². The van der Waals surface area contributed by atoms with Crippen molar-refractivity contribution < 1.29 is 24.3 Å². The number of rotatable bonds is 6. The van der Waals surface area contributed by atoms with Gasteiger partial charge in [-0.2, -0.15) is 0 Å². The Morgan fingerprint density at radius 2 is 1.59 bits per heavy atom. The summed E-state index contributed by atoms with van der Waals surface area (Å²) in [7, 11) is 0. The Hall–Kier alpha value is -2.70. The first-order chi connectivity index (χ1) is 13.0. The molecule has 0 radical (unpaired) electrons. The van der Waals surface area contributed by atoms with Crippen molar-refractivity contribution in [1.29, 1.82) is 0 Å². The van der Waals surface area contributed by atoms with Crippen LogP contribution in [0.3, 0.4) is 0 Å². The molecule has 4 rings (SSSR count). The van der Waals surface area contributed by atoms with E-state index >= 15 is 0 Å². The van der Waals surface area contributed by atoms with Crippen molar-refractivity contribution in [2.75, 3.05) is 10.2 Å². The number of amides is 3. The van der Waals surface area contributed by atoms with Crippen LogP contribution < -0.4 is 15.3 Å². The first kappa shape index (κ1) is 17.7. The number of hydrogen-bond donors (Lipinski definition) is 1. The summed E-state index contributed by atoms with van der Waals surface area (Å²) in [5.74, 6) is -1.25. The van der Waals surface area contributed by atoms with E-state index in [1.54, 1.807) is 24.3 Å². The summed E-state index contributed by atoms with van der Waals surface area (Å²) in [5.41, 5.74) is 1.07. The van der Waals surface area contributed by atoms with E-state index in [9.17, 15) is 24.3 Å². The second kappa shape index (κ2) is 6.79. The van der Waals surface area contributed by atoms with Gasteiger partial charge in [-0.25, -0.2) is 0 Å². The normalized spacial score (nSPS) is 28.5. The van der Waals surface area contributed by atoms with Crippen molar-refractivity contribution in [3.8, 4) is 0 Å². The highest BCUT2D eigenvalue weighted by molar-refractivity contribution is 6.22. The molecule has 1 aromatic carbocycles. The second-order valence-corrected chi connectivity index (χ2v) is 7.72. The Balaban J connectivity index is 1.41. The van der Waals surface area contributed by atoms with Gasteiger partial charge in [0.25, 0.3) is 0 Å². The van der Waals surface area contributed by atoms with Gasteiger partial charge in [0, 0.05) is 18.1 Å². The number of carbonyl (C=O) groups excluding carboxylic acids is 4. The van der Waals surface area contributed by atoms with E-state index in [0.717, 1.165) is 19.3 Å². The molecule has 7 nitrogen and oxygen atoms in total. The van der Waals surface area contributed by atoms with E-state index in [4.69, 9.17) is 0 Å². The van der Waals surface area contributed by atoms with Crippen molar-refractivity contribution >= 4 is 35.1 Å². The van der Waals surface area contributed by atoms with Crippen LogP contribution in [0.2, 0.25) is 0 Å². The molecule has 0 unspecified atom stereocenters. The summed E-state index contributed by atoms with van der Waals surface area (Å²) < 4.78 is 0. The van der Waals surface area contributed by atoms with E-state index in [1.165, 1.54) is 4.90 Å². The van der Waals surface area contributed by atoms with Crippen LogP contribution in [0.1, 0.15) is 38.5 Å². The molecule has 3 amide bonds. The van der Waals surface area contributed by atoms with E-state index < -0.39 is 5.97 Å². The lowest BCUT2D eigenvalue weighted by Gasteiger charge is -2.19. The maximum atomic E-state index is 12.8. The molecule has 3 fully saturated rings. The molecule has 2 bridgehead atoms. The van der Waals surface area contributed by atoms with E-state index in [2.05, 4.69) is 5.32 Å². The van der Waals surface area contributed by atoms with E-state index in [1.807, 2.05) is 0 Å². The molecule has 2 aliphatic carbocycles. The molecule has 2 saturated carbocycles. The van der Waals surface area contributed by atoms with Crippen molar-refractivity contribution in [1.82, 2.24) is 0 Å². The molecule has 1 aliphatic heterocycles. The van der Waals surface area contributed by atoms with Gasteiger partial charge in [-0.3, -0.25) is 19.3 Å². The zero-order chi connectivity index (χ0) is 19.1. The minimum Gasteiger partial charge on any atom is -0.550 e. The number of carbonyl (C=O) groups is 4. The average Bonchev–Trinajstić information content (AvgIpc) is 3.30. The quantitative estimate of drug-likeness (QED) is 0.755. The summed E-state index contributed by atoms with van der Waals surface area (Å²) in [6, 6.07) is 6.62. The van der Waals surface area contributed by atoms with Gasteiger partial charge < -0.3 is 15.2 Å². The summed E-state index contributed by atoms with van der Waals surface area (Å²) in [6.45, 7) is 0. The fourth-order valence-electron chi connectivity index (χ4n) is 4.97. The van der Waals surface area contributed by atoms with Gasteiger partial charge in [-0.15, -0.1) is 0 Å². The first-order valence-corrected chi connectivity index (χ1v) is 9.43. The van der Waals surface area contributed by atoms with Crippen molar-refractivity contribution in [2.24, 2.45) is 23.7 Å². The van der Waals surface area contributed by atoms with E-state index in [-0.39, 0.29) is 48.8 Å². The highest BCUT2D eigenvalue weighted by Gasteiger charge is 2.61. The Bertz CT molecular complexity index is 775. The number of fused-ring (bicyclic) bond motifs is 5. The highest BCUT2D eigenvalue weighted by Crippen LogP contribution is 2.56. The SMILES string of the molecule is O=C([O-])CCCC(=O)Nc1ccc(N2C(=O)[C@@H]3[C@@H]4CC[C@@H](C4)[C@@H]3C2=O)cc1. The number of hydrogen-bond acceptors (Lipinski definition) is 5. The van der Waals surface area contributed by atoms with Gasteiger partial charge in [0.05, 0.1) is 17.5 Å². The number of anilines is 2. The lowest BCUT2D eigenvalue weighted by Crippen LogP contribution is -2.32. The lowest BCUT2D eigenvalue weighted by molar-refractivity contribution is -0.305. The zero-order valence-electron chi connectivity index (χ0n) is 14.8. The number of nitrogens with one attached hydrogen (secondary N) is 1. The van der Waals surface area contributed by atoms with Crippen molar-refractivity contribution in [3.05, 3.63) is 24.3 Å². The molecular formula is C20H21N2O5-. The Labute approximate surface area is 156 Å². The van der Waals surface area contributed by atoms with Crippen LogP contribution in [0.15, 0.2) is 24.3 Å². The van der Waals surface area contributed by atoms with Crippen LogP contribution in [-0.4, -0.2) is 23.7 Å². The predicted octanol–water partition coefficient (Wildman–Crippen LogP) is 1.08. The first-order valence-electron chi connectivity index (χ1n) is 9.43. The molecular weight excluding hydrogens is 348 g/mol. The number of aliphatic carboxylic acids is 1. The molecule has 27 heavy (non-hydrogen) atoms. The fourth-order valence-corrected chi connectivity index (χ4v) is 4.97. The Morgan fingerprint density at radius 3 is 2.15 bits per heavy atom. The van der Waals surface area contributed by atoms with Gasteiger partial charge in [-0.05, 0) is 68.2 Å². The van der Waals surface area contributed by atoms with Gasteiger partial charge in [0.2, 0.25) is 17.7 Å². The summed E-state index contributed by atoms with van der Waals surface area (Å²) >= 11 is 0. The molecule has 1 aromatic rings.